The SMILES string of the molecule is O[C@@H]1COC2C1OC[C@H]2Oc1nc2nc(NCc3c(F)cc(OC4CNC4)cc3F)c(Cl)cc2[nH]1. The molecule has 0 spiro atoms. The van der Waals surface area contributed by atoms with Crippen LogP contribution in [0, 0.1) is 11.6 Å². The van der Waals surface area contributed by atoms with Gasteiger partial charge in [0.1, 0.15) is 47.6 Å². The second kappa shape index (κ2) is 9.03. The quantitative estimate of drug-likeness (QED) is 0.377. The predicted molar refractivity (Wildman–Crippen MR) is 120 cm³/mol. The van der Waals surface area contributed by atoms with Gasteiger partial charge < -0.3 is 39.7 Å². The number of ether oxygens (including phenoxy) is 4. The number of aliphatic hydroxyl groups is 1. The number of halogens is 3. The average molecular weight is 510 g/mol. The van der Waals surface area contributed by atoms with E-state index in [0.29, 0.717) is 24.3 Å². The summed E-state index contributed by atoms with van der Waals surface area (Å²) in [6.07, 6.45) is -2.03. The highest BCUT2D eigenvalue weighted by molar-refractivity contribution is 6.33. The maximum atomic E-state index is 14.6. The summed E-state index contributed by atoms with van der Waals surface area (Å²) in [6.45, 7) is 1.55. The zero-order chi connectivity index (χ0) is 24.1. The van der Waals surface area contributed by atoms with E-state index in [4.69, 9.17) is 30.5 Å². The van der Waals surface area contributed by atoms with Gasteiger partial charge in [0, 0.05) is 37.3 Å². The predicted octanol–water partition coefficient (Wildman–Crippen LogP) is 1.76. The highest BCUT2D eigenvalue weighted by Crippen LogP contribution is 2.31. The molecule has 2 unspecified atom stereocenters. The fourth-order valence-electron chi connectivity index (χ4n) is 4.29. The van der Waals surface area contributed by atoms with Crippen LogP contribution >= 0.6 is 11.6 Å². The number of aromatic amines is 1. The normalized spacial score (nSPS) is 26.1. The molecule has 3 aromatic rings. The van der Waals surface area contributed by atoms with Crippen molar-refractivity contribution in [1.82, 2.24) is 20.3 Å². The number of rotatable bonds is 7. The molecule has 4 N–H and O–H groups in total. The van der Waals surface area contributed by atoms with Crippen LogP contribution in [0.5, 0.6) is 11.8 Å². The molecular formula is C22H22ClF2N5O5. The number of nitrogens with one attached hydrogen (secondary N) is 3. The molecule has 0 saturated carbocycles. The first-order valence-corrected chi connectivity index (χ1v) is 11.6. The molecule has 0 radical (unpaired) electrons. The molecule has 0 amide bonds. The third-order valence-electron chi connectivity index (χ3n) is 6.24. The van der Waals surface area contributed by atoms with Gasteiger partial charge in [-0.1, -0.05) is 11.6 Å². The van der Waals surface area contributed by atoms with Crippen LogP contribution in [0.2, 0.25) is 5.02 Å². The summed E-state index contributed by atoms with van der Waals surface area (Å²) in [7, 11) is 0. The van der Waals surface area contributed by atoms with E-state index < -0.39 is 29.9 Å². The number of pyridine rings is 1. The van der Waals surface area contributed by atoms with Crippen molar-refractivity contribution in [2.45, 2.75) is 37.1 Å². The van der Waals surface area contributed by atoms with E-state index in [-0.39, 0.29) is 60.1 Å². The number of hydrogen-bond acceptors (Lipinski definition) is 9. The van der Waals surface area contributed by atoms with E-state index in [1.165, 1.54) is 12.1 Å². The van der Waals surface area contributed by atoms with Crippen LogP contribution in [-0.4, -0.2) is 76.9 Å². The Morgan fingerprint density at radius 3 is 2.60 bits per heavy atom. The zero-order valence-electron chi connectivity index (χ0n) is 18.3. The minimum Gasteiger partial charge on any atom is -0.488 e. The molecule has 3 aliphatic heterocycles. The number of nitrogens with zero attached hydrogens (tertiary/aromatic N) is 2. The number of H-pyrrole nitrogens is 1. The third-order valence-corrected chi connectivity index (χ3v) is 6.53. The van der Waals surface area contributed by atoms with Gasteiger partial charge in [-0.05, 0) is 6.07 Å². The van der Waals surface area contributed by atoms with Gasteiger partial charge in [-0.2, -0.15) is 4.98 Å². The first-order valence-electron chi connectivity index (χ1n) is 11.2. The van der Waals surface area contributed by atoms with Gasteiger partial charge in [0.05, 0.1) is 23.8 Å². The number of anilines is 1. The van der Waals surface area contributed by atoms with Crippen molar-refractivity contribution in [3.63, 3.8) is 0 Å². The van der Waals surface area contributed by atoms with Gasteiger partial charge in [0.15, 0.2) is 11.8 Å². The largest absolute Gasteiger partial charge is 0.488 e. The Balaban J connectivity index is 1.15. The van der Waals surface area contributed by atoms with Crippen LogP contribution in [0.15, 0.2) is 18.2 Å². The van der Waals surface area contributed by atoms with E-state index in [9.17, 15) is 13.9 Å². The van der Waals surface area contributed by atoms with Gasteiger partial charge >= 0.3 is 0 Å². The van der Waals surface area contributed by atoms with Crippen molar-refractivity contribution in [1.29, 1.82) is 0 Å². The average Bonchev–Trinajstić information content (AvgIpc) is 3.47. The maximum absolute atomic E-state index is 14.6. The molecular weight excluding hydrogens is 488 g/mol. The summed E-state index contributed by atoms with van der Waals surface area (Å²) < 4.78 is 51.6. The molecule has 186 valence electrons. The Hall–Kier alpha value is -2.77. The van der Waals surface area contributed by atoms with Crippen LogP contribution in [0.25, 0.3) is 11.2 Å². The number of hydrogen-bond donors (Lipinski definition) is 4. The lowest BCUT2D eigenvalue weighted by molar-refractivity contribution is 0.00706. The Morgan fingerprint density at radius 1 is 1.09 bits per heavy atom. The summed E-state index contributed by atoms with van der Waals surface area (Å²) in [4.78, 5) is 11.7. The van der Waals surface area contributed by atoms with E-state index in [2.05, 4.69) is 25.6 Å². The van der Waals surface area contributed by atoms with Crippen molar-refractivity contribution < 1.29 is 32.8 Å². The van der Waals surface area contributed by atoms with Gasteiger partial charge in [0.25, 0.3) is 6.01 Å². The van der Waals surface area contributed by atoms with Crippen LogP contribution in [-0.2, 0) is 16.0 Å². The minimum absolute atomic E-state index is 0.0878. The molecule has 2 aromatic heterocycles. The minimum atomic E-state index is -0.733. The van der Waals surface area contributed by atoms with E-state index >= 15 is 0 Å². The number of aromatic nitrogens is 3. The van der Waals surface area contributed by atoms with Crippen LogP contribution < -0.4 is 20.1 Å². The first kappa shape index (κ1) is 22.7. The molecule has 35 heavy (non-hydrogen) atoms. The van der Waals surface area contributed by atoms with Crippen LogP contribution in [0.4, 0.5) is 14.6 Å². The monoisotopic (exact) mass is 509 g/mol. The Kier molecular flexibility index (Phi) is 5.85. The molecule has 6 rings (SSSR count). The fraction of sp³-hybridized carbons (Fsp3) is 0.455. The van der Waals surface area contributed by atoms with Gasteiger partial charge in [-0.3, -0.25) is 0 Å². The summed E-state index contributed by atoms with van der Waals surface area (Å²) >= 11 is 6.33. The lowest BCUT2D eigenvalue weighted by Gasteiger charge is -2.28. The topological polar surface area (TPSA) is 123 Å². The van der Waals surface area contributed by atoms with Gasteiger partial charge in [-0.15, -0.1) is 0 Å². The van der Waals surface area contributed by atoms with Crippen molar-refractivity contribution >= 4 is 28.6 Å². The van der Waals surface area contributed by atoms with Crippen molar-refractivity contribution in [3.8, 4) is 11.8 Å². The molecule has 3 saturated heterocycles. The van der Waals surface area contributed by atoms with Crippen LogP contribution in [0.3, 0.4) is 0 Å². The Labute approximate surface area is 202 Å². The summed E-state index contributed by atoms with van der Waals surface area (Å²) in [6, 6.07) is 4.11. The highest BCUT2D eigenvalue weighted by Gasteiger charge is 2.48. The first-order chi connectivity index (χ1) is 16.9. The highest BCUT2D eigenvalue weighted by atomic mass is 35.5. The van der Waals surface area contributed by atoms with Crippen molar-refractivity contribution in [2.75, 3.05) is 31.6 Å². The molecule has 3 fully saturated rings. The zero-order valence-corrected chi connectivity index (χ0v) is 19.0. The standard InChI is InChI=1S/C22H22ClF2N5O5/c23-12-3-15-21(30-22(28-15)35-17-8-33-18-16(31)7-32-19(17)18)29-20(12)27-6-11-13(24)1-9(2-14(11)25)34-10-4-26-5-10/h1-3,10,16-19,26,31H,4-8H2,(H2,27,28,29,30)/t16-,17-,18?,19?/m1/s1. The van der Waals surface area contributed by atoms with Crippen LogP contribution in [0.1, 0.15) is 5.56 Å². The molecule has 0 aliphatic carbocycles. The van der Waals surface area contributed by atoms with E-state index in [1.54, 1.807) is 6.07 Å². The number of aliphatic hydroxyl groups excluding tert-OH is 1. The molecule has 3 aliphatic rings. The van der Waals surface area contributed by atoms with Gasteiger partial charge in [-0.25, -0.2) is 13.8 Å². The van der Waals surface area contributed by atoms with E-state index in [1.807, 2.05) is 0 Å². The Bertz CT molecular complexity index is 1240. The maximum Gasteiger partial charge on any atom is 0.296 e. The molecule has 10 nitrogen and oxygen atoms in total. The van der Waals surface area contributed by atoms with Crippen molar-refractivity contribution in [2.24, 2.45) is 0 Å². The molecule has 5 heterocycles. The summed E-state index contributed by atoms with van der Waals surface area (Å²) in [5.74, 6) is -1.11. The molecule has 1 aromatic carbocycles. The molecule has 13 heteroatoms. The number of imidazole rings is 1. The number of fused-ring (bicyclic) bond motifs is 2. The van der Waals surface area contributed by atoms with E-state index in [0.717, 1.165) is 0 Å². The lowest BCUT2D eigenvalue weighted by atomic mass is 10.1. The third kappa shape index (κ3) is 4.36. The number of benzene rings is 1. The molecule has 0 bridgehead atoms. The summed E-state index contributed by atoms with van der Waals surface area (Å²) in [5.41, 5.74) is 0.652. The fourth-order valence-corrected chi connectivity index (χ4v) is 4.51. The van der Waals surface area contributed by atoms with Crippen molar-refractivity contribution in [3.05, 3.63) is 40.4 Å². The van der Waals surface area contributed by atoms with Gasteiger partial charge in [0.2, 0.25) is 0 Å². The summed E-state index contributed by atoms with van der Waals surface area (Å²) in [5, 5.41) is 16.0. The molecule has 4 atom stereocenters. The second-order valence-electron chi connectivity index (χ2n) is 8.67. The Morgan fingerprint density at radius 2 is 1.86 bits per heavy atom. The lowest BCUT2D eigenvalue weighted by Crippen LogP contribution is -2.50. The smallest absolute Gasteiger partial charge is 0.296 e. The second-order valence-corrected chi connectivity index (χ2v) is 9.08.